The van der Waals surface area contributed by atoms with Crippen LogP contribution in [-0.4, -0.2) is 51.5 Å². The van der Waals surface area contributed by atoms with E-state index in [1.165, 1.54) is 5.56 Å². The lowest BCUT2D eigenvalue weighted by atomic mass is 10.0. The predicted molar refractivity (Wildman–Crippen MR) is 143 cm³/mol. The van der Waals surface area contributed by atoms with Crippen molar-refractivity contribution in [2.45, 2.75) is 30.7 Å². The van der Waals surface area contributed by atoms with Crippen molar-refractivity contribution in [3.8, 4) is 0 Å². The summed E-state index contributed by atoms with van der Waals surface area (Å²) < 4.78 is 29.3. The van der Waals surface area contributed by atoms with E-state index in [1.807, 2.05) is 30.3 Å². The topological polar surface area (TPSA) is 73.0 Å². The molecule has 0 radical (unpaired) electrons. The monoisotopic (exact) mass is 504 g/mol. The minimum Gasteiger partial charge on any atom is -0.368 e. The molecule has 2 amide bonds. The van der Waals surface area contributed by atoms with Gasteiger partial charge in [0.1, 0.15) is 0 Å². The van der Waals surface area contributed by atoms with Gasteiger partial charge in [-0.05, 0) is 53.4 Å². The van der Waals surface area contributed by atoms with E-state index in [4.69, 9.17) is 0 Å². The number of hydrogen-bond donors (Lipinski definition) is 1. The predicted octanol–water partition coefficient (Wildman–Crippen LogP) is 4.59. The highest BCUT2D eigenvalue weighted by Gasteiger charge is 2.37. The lowest BCUT2D eigenvalue weighted by Gasteiger charge is -2.42. The summed E-state index contributed by atoms with van der Waals surface area (Å²) in [6, 6.07) is 24.6. The number of nitrogens with zero attached hydrogens (tertiary/aromatic N) is 3. The molecule has 36 heavy (non-hydrogen) atoms. The van der Waals surface area contributed by atoms with Crippen LogP contribution >= 0.6 is 0 Å². The van der Waals surface area contributed by atoms with E-state index in [0.717, 1.165) is 11.3 Å². The van der Waals surface area contributed by atoms with E-state index in [0.29, 0.717) is 44.3 Å². The van der Waals surface area contributed by atoms with Gasteiger partial charge in [-0.25, -0.2) is 13.2 Å². The summed E-state index contributed by atoms with van der Waals surface area (Å²) >= 11 is 0. The lowest BCUT2D eigenvalue weighted by molar-refractivity contribution is 0.252. The number of amides is 2. The van der Waals surface area contributed by atoms with E-state index in [1.54, 1.807) is 33.5 Å². The molecule has 1 atom stereocenters. The number of carbonyl (C=O) groups is 1. The van der Waals surface area contributed by atoms with Crippen LogP contribution in [0.4, 0.5) is 16.2 Å². The van der Waals surface area contributed by atoms with E-state index in [9.17, 15) is 13.2 Å². The van der Waals surface area contributed by atoms with Crippen LogP contribution in [0.25, 0.3) is 0 Å². The largest absolute Gasteiger partial charge is 0.368 e. The van der Waals surface area contributed by atoms with Gasteiger partial charge in [0.05, 0.1) is 10.9 Å². The first kappa shape index (κ1) is 24.3. The van der Waals surface area contributed by atoms with Crippen molar-refractivity contribution in [2.75, 3.05) is 42.5 Å². The molecule has 0 aliphatic carbocycles. The Labute approximate surface area is 213 Å². The number of benzene rings is 3. The molecular formula is C28H32N4O3S. The van der Waals surface area contributed by atoms with Gasteiger partial charge in [-0.15, -0.1) is 0 Å². The first-order valence-electron chi connectivity index (χ1n) is 12.4. The van der Waals surface area contributed by atoms with Gasteiger partial charge >= 0.3 is 6.03 Å². The lowest BCUT2D eigenvalue weighted by Crippen LogP contribution is -2.50. The number of sulfonamides is 1. The summed E-state index contributed by atoms with van der Waals surface area (Å²) in [5.74, 6) is 0.462. The van der Waals surface area contributed by atoms with Crippen molar-refractivity contribution < 1.29 is 13.2 Å². The molecule has 8 heteroatoms. The SMILES string of the molecule is CC(C)c1ccc(N2CCN(S(=O)(=O)c3ccc(N4CCNC4=O)cc3)C(c3ccccc3)C2)cc1. The first-order chi connectivity index (χ1) is 17.3. The summed E-state index contributed by atoms with van der Waals surface area (Å²) in [6.07, 6.45) is 0. The highest BCUT2D eigenvalue weighted by Crippen LogP contribution is 2.34. The Kier molecular flexibility index (Phi) is 6.73. The van der Waals surface area contributed by atoms with Gasteiger partial charge in [0.2, 0.25) is 10.0 Å². The Morgan fingerprint density at radius 2 is 1.50 bits per heavy atom. The fourth-order valence-electron chi connectivity index (χ4n) is 4.96. The molecule has 188 valence electrons. The maximum absolute atomic E-state index is 13.8. The van der Waals surface area contributed by atoms with Crippen LogP contribution in [0.5, 0.6) is 0 Å². The van der Waals surface area contributed by atoms with Gasteiger partial charge in [0.25, 0.3) is 0 Å². The molecule has 0 aromatic heterocycles. The highest BCUT2D eigenvalue weighted by molar-refractivity contribution is 7.89. The van der Waals surface area contributed by atoms with Gasteiger partial charge < -0.3 is 10.2 Å². The number of carbonyl (C=O) groups excluding carboxylic acids is 1. The van der Waals surface area contributed by atoms with Gasteiger partial charge in [-0.1, -0.05) is 56.3 Å². The second kappa shape index (κ2) is 9.95. The average Bonchev–Trinajstić information content (AvgIpc) is 3.34. The zero-order valence-electron chi connectivity index (χ0n) is 20.7. The Morgan fingerprint density at radius 3 is 2.11 bits per heavy atom. The Morgan fingerprint density at radius 1 is 0.833 bits per heavy atom. The molecule has 0 bridgehead atoms. The van der Waals surface area contributed by atoms with E-state index < -0.39 is 10.0 Å². The van der Waals surface area contributed by atoms with Crippen molar-refractivity contribution in [2.24, 2.45) is 0 Å². The molecule has 0 spiro atoms. The maximum Gasteiger partial charge on any atom is 0.321 e. The summed E-state index contributed by atoms with van der Waals surface area (Å²) in [6.45, 7) is 7.06. The van der Waals surface area contributed by atoms with Gasteiger partial charge in [0, 0.05) is 44.1 Å². The third-order valence-electron chi connectivity index (χ3n) is 7.05. The number of anilines is 2. The average molecular weight is 505 g/mol. The normalized spacial score (nSPS) is 19.1. The Bertz CT molecular complexity index is 1310. The zero-order chi connectivity index (χ0) is 25.3. The van der Waals surface area contributed by atoms with Crippen molar-refractivity contribution in [3.63, 3.8) is 0 Å². The molecule has 3 aromatic rings. The molecular weight excluding hydrogens is 472 g/mol. The maximum atomic E-state index is 13.8. The standard InChI is InChI=1S/C28H32N4O3S/c1-21(2)22-8-10-24(11-9-22)30-18-19-32(27(20-30)23-6-4-3-5-7-23)36(34,35)26-14-12-25(13-15-26)31-17-16-29-28(31)33/h3-15,21,27H,16-20H2,1-2H3,(H,29,33). The summed E-state index contributed by atoms with van der Waals surface area (Å²) in [7, 11) is -3.75. The third-order valence-corrected chi connectivity index (χ3v) is 8.97. The van der Waals surface area contributed by atoms with Gasteiger partial charge in [-0.3, -0.25) is 4.90 Å². The van der Waals surface area contributed by atoms with Crippen molar-refractivity contribution in [3.05, 3.63) is 90.0 Å². The molecule has 5 rings (SSSR count). The van der Waals surface area contributed by atoms with Crippen LogP contribution in [0.2, 0.25) is 0 Å². The fraction of sp³-hybridized carbons (Fsp3) is 0.321. The zero-order valence-corrected chi connectivity index (χ0v) is 21.5. The van der Waals surface area contributed by atoms with E-state index in [-0.39, 0.29) is 17.0 Å². The number of urea groups is 1. The fourth-order valence-corrected chi connectivity index (χ4v) is 6.55. The number of rotatable bonds is 6. The molecule has 2 fully saturated rings. The second-order valence-electron chi connectivity index (χ2n) is 9.61. The first-order valence-corrected chi connectivity index (χ1v) is 13.9. The van der Waals surface area contributed by atoms with E-state index >= 15 is 0 Å². The summed E-state index contributed by atoms with van der Waals surface area (Å²) in [5, 5.41) is 2.77. The second-order valence-corrected chi connectivity index (χ2v) is 11.5. The molecule has 3 aromatic carbocycles. The van der Waals surface area contributed by atoms with Crippen molar-refractivity contribution in [1.82, 2.24) is 9.62 Å². The number of hydrogen-bond acceptors (Lipinski definition) is 4. The Balaban J connectivity index is 1.42. The smallest absolute Gasteiger partial charge is 0.321 e. The minimum atomic E-state index is -3.75. The van der Waals surface area contributed by atoms with Crippen LogP contribution in [-0.2, 0) is 10.0 Å². The number of piperazine rings is 1. The summed E-state index contributed by atoms with van der Waals surface area (Å²) in [5.41, 5.74) is 4.05. The minimum absolute atomic E-state index is 0.160. The van der Waals surface area contributed by atoms with Crippen LogP contribution in [0, 0.1) is 0 Å². The Hall–Kier alpha value is -3.36. The van der Waals surface area contributed by atoms with E-state index in [2.05, 4.69) is 48.3 Å². The van der Waals surface area contributed by atoms with Crippen molar-refractivity contribution >= 4 is 27.4 Å². The van der Waals surface area contributed by atoms with Crippen LogP contribution in [0.3, 0.4) is 0 Å². The molecule has 2 aliphatic rings. The quantitative estimate of drug-likeness (QED) is 0.533. The summed E-state index contributed by atoms with van der Waals surface area (Å²) in [4.78, 5) is 16.1. The molecule has 2 saturated heterocycles. The molecule has 2 heterocycles. The van der Waals surface area contributed by atoms with Gasteiger partial charge in [0.15, 0.2) is 0 Å². The molecule has 7 nitrogen and oxygen atoms in total. The van der Waals surface area contributed by atoms with Gasteiger partial charge in [-0.2, -0.15) is 4.31 Å². The van der Waals surface area contributed by atoms with Crippen LogP contribution in [0.1, 0.15) is 36.9 Å². The molecule has 1 N–H and O–H groups in total. The van der Waals surface area contributed by atoms with Crippen molar-refractivity contribution in [1.29, 1.82) is 0 Å². The third kappa shape index (κ3) is 4.70. The van der Waals surface area contributed by atoms with Crippen LogP contribution < -0.4 is 15.1 Å². The van der Waals surface area contributed by atoms with Crippen LogP contribution in [0.15, 0.2) is 83.8 Å². The molecule has 2 aliphatic heterocycles. The molecule has 1 unspecified atom stereocenters. The molecule has 0 saturated carbocycles. The highest BCUT2D eigenvalue weighted by atomic mass is 32.2. The number of nitrogens with one attached hydrogen (secondary N) is 1.